The topological polar surface area (TPSA) is 3.24 Å². The normalized spacial score (nSPS) is 19.7. The summed E-state index contributed by atoms with van der Waals surface area (Å²) in [6, 6.07) is 0. The predicted octanol–water partition coefficient (Wildman–Crippen LogP) is 2.17. The van der Waals surface area contributed by atoms with Crippen molar-refractivity contribution in [3.8, 4) is 0 Å². The third kappa shape index (κ3) is 1.23. The molecule has 10 heavy (non-hydrogen) atoms. The van der Waals surface area contributed by atoms with Crippen LogP contribution in [0.3, 0.4) is 0 Å². The van der Waals surface area contributed by atoms with Crippen molar-refractivity contribution >= 4 is 0 Å². The zero-order chi connectivity index (χ0) is 7.56. The van der Waals surface area contributed by atoms with Crippen LogP contribution in [0.2, 0.25) is 0 Å². The lowest BCUT2D eigenvalue weighted by Crippen LogP contribution is -2.11. The van der Waals surface area contributed by atoms with Crippen molar-refractivity contribution < 1.29 is 0 Å². The minimum atomic E-state index is 1.19. The minimum absolute atomic E-state index is 1.19. The fourth-order valence-electron chi connectivity index (χ4n) is 1.34. The summed E-state index contributed by atoms with van der Waals surface area (Å²) in [7, 11) is 2.14. The molecule has 1 heteroatoms. The molecule has 0 radical (unpaired) electrons. The van der Waals surface area contributed by atoms with Gasteiger partial charge in [0.15, 0.2) is 0 Å². The van der Waals surface area contributed by atoms with Gasteiger partial charge in [-0.05, 0) is 31.9 Å². The summed E-state index contributed by atoms with van der Waals surface area (Å²) < 4.78 is 0. The van der Waals surface area contributed by atoms with Gasteiger partial charge in [-0.3, -0.25) is 0 Å². The summed E-state index contributed by atoms with van der Waals surface area (Å²) in [4.78, 5) is 2.30. The van der Waals surface area contributed by atoms with E-state index >= 15 is 0 Å². The van der Waals surface area contributed by atoms with E-state index in [0.717, 1.165) is 0 Å². The van der Waals surface area contributed by atoms with E-state index in [1.165, 1.54) is 24.2 Å². The highest BCUT2D eigenvalue weighted by molar-refractivity contribution is 5.26. The van der Waals surface area contributed by atoms with Crippen molar-refractivity contribution in [3.63, 3.8) is 0 Å². The maximum Gasteiger partial charge on any atom is 0.0350 e. The van der Waals surface area contributed by atoms with Crippen LogP contribution in [0.15, 0.2) is 23.4 Å². The molecule has 0 saturated heterocycles. The largest absolute Gasteiger partial charge is 0.374 e. The van der Waals surface area contributed by atoms with Crippen LogP contribution in [0.5, 0.6) is 0 Å². The molecule has 1 aliphatic heterocycles. The highest BCUT2D eigenvalue weighted by Crippen LogP contribution is 2.20. The lowest BCUT2D eigenvalue weighted by molar-refractivity contribution is 0.471. The summed E-state index contributed by atoms with van der Waals surface area (Å²) in [5.74, 6) is 0. The van der Waals surface area contributed by atoms with E-state index in [-0.39, 0.29) is 0 Å². The molecule has 1 nitrogen and oxygen atoms in total. The number of likely N-dealkylation sites (N-methyl/N-ethyl adjacent to an activating group) is 1. The smallest absolute Gasteiger partial charge is 0.0350 e. The van der Waals surface area contributed by atoms with Gasteiger partial charge in [-0.2, -0.15) is 0 Å². The van der Waals surface area contributed by atoms with E-state index in [0.29, 0.717) is 0 Å². The lowest BCUT2D eigenvalue weighted by atomic mass is 10.2. The van der Waals surface area contributed by atoms with Gasteiger partial charge in [-0.25, -0.2) is 0 Å². The van der Waals surface area contributed by atoms with Gasteiger partial charge < -0.3 is 4.90 Å². The van der Waals surface area contributed by atoms with E-state index in [4.69, 9.17) is 0 Å². The number of hydrogen-bond donors (Lipinski definition) is 0. The summed E-state index contributed by atoms with van der Waals surface area (Å²) in [5.41, 5.74) is 2.92. The van der Waals surface area contributed by atoms with E-state index in [9.17, 15) is 0 Å². The Bertz CT molecular complexity index is 177. The maximum absolute atomic E-state index is 2.30. The van der Waals surface area contributed by atoms with Gasteiger partial charge in [0.25, 0.3) is 0 Å². The van der Waals surface area contributed by atoms with Crippen molar-refractivity contribution in [2.75, 3.05) is 13.6 Å². The van der Waals surface area contributed by atoms with Crippen LogP contribution in [0.25, 0.3) is 0 Å². The lowest BCUT2D eigenvalue weighted by Gasteiger charge is -2.12. The Hall–Kier alpha value is -0.720. The Balaban J connectivity index is 2.77. The first-order chi connectivity index (χ1) is 4.75. The van der Waals surface area contributed by atoms with Gasteiger partial charge in [0, 0.05) is 19.3 Å². The Kier molecular flexibility index (Phi) is 2.15. The second-order valence-electron chi connectivity index (χ2n) is 2.84. The molecule has 0 aromatic rings. The molecule has 0 atom stereocenters. The molecule has 1 heterocycles. The average molecular weight is 137 g/mol. The second kappa shape index (κ2) is 2.91. The Morgan fingerprint density at radius 3 is 2.60 bits per heavy atom. The van der Waals surface area contributed by atoms with Gasteiger partial charge in [0.05, 0.1) is 0 Å². The minimum Gasteiger partial charge on any atom is -0.374 e. The Morgan fingerprint density at radius 2 is 2.20 bits per heavy atom. The fraction of sp³-hybridized carbons (Fsp3) is 0.556. The monoisotopic (exact) mass is 137 g/mol. The van der Waals surface area contributed by atoms with Crippen molar-refractivity contribution in [3.05, 3.63) is 23.4 Å². The molecule has 0 amide bonds. The second-order valence-corrected chi connectivity index (χ2v) is 2.84. The Morgan fingerprint density at radius 1 is 1.50 bits per heavy atom. The molecule has 0 aromatic heterocycles. The van der Waals surface area contributed by atoms with Crippen LogP contribution >= 0.6 is 0 Å². The summed E-state index contributed by atoms with van der Waals surface area (Å²) in [6.07, 6.45) is 5.51. The van der Waals surface area contributed by atoms with Crippen LogP contribution in [-0.2, 0) is 0 Å². The quantitative estimate of drug-likeness (QED) is 0.535. The van der Waals surface area contributed by atoms with Gasteiger partial charge in [0.1, 0.15) is 0 Å². The van der Waals surface area contributed by atoms with Crippen molar-refractivity contribution in [1.82, 2.24) is 4.90 Å². The molecule has 0 bridgehead atoms. The molecule has 0 aliphatic carbocycles. The zero-order valence-corrected chi connectivity index (χ0v) is 7.02. The molecule has 0 aromatic carbocycles. The van der Waals surface area contributed by atoms with Crippen molar-refractivity contribution in [2.24, 2.45) is 0 Å². The maximum atomic E-state index is 2.30. The molecule has 56 valence electrons. The molecule has 0 unspecified atom stereocenters. The van der Waals surface area contributed by atoms with E-state index in [1.807, 2.05) is 0 Å². The molecule has 0 saturated carbocycles. The van der Waals surface area contributed by atoms with Crippen LogP contribution in [-0.4, -0.2) is 18.5 Å². The molecule has 0 fully saturated rings. The predicted molar refractivity (Wildman–Crippen MR) is 44.8 cm³/mol. The van der Waals surface area contributed by atoms with E-state index in [1.54, 1.807) is 0 Å². The van der Waals surface area contributed by atoms with Crippen LogP contribution in [0, 0.1) is 0 Å². The highest BCUT2D eigenvalue weighted by Gasteiger charge is 2.11. The SMILES string of the molecule is C/C=C\C1=C(C)CCN1C. The van der Waals surface area contributed by atoms with E-state index in [2.05, 4.69) is 37.9 Å². The van der Waals surface area contributed by atoms with Crippen molar-refractivity contribution in [2.45, 2.75) is 20.3 Å². The van der Waals surface area contributed by atoms with Gasteiger partial charge in [-0.15, -0.1) is 0 Å². The molecule has 1 aliphatic rings. The molecular formula is C9H15N. The first-order valence-corrected chi connectivity index (χ1v) is 3.79. The first kappa shape index (κ1) is 7.39. The summed E-state index contributed by atoms with van der Waals surface area (Å²) in [6.45, 7) is 5.46. The van der Waals surface area contributed by atoms with Crippen molar-refractivity contribution in [1.29, 1.82) is 0 Å². The van der Waals surface area contributed by atoms with Crippen LogP contribution < -0.4 is 0 Å². The first-order valence-electron chi connectivity index (χ1n) is 3.79. The third-order valence-electron chi connectivity index (χ3n) is 2.00. The number of rotatable bonds is 1. The molecule has 0 N–H and O–H groups in total. The van der Waals surface area contributed by atoms with Crippen LogP contribution in [0.4, 0.5) is 0 Å². The highest BCUT2D eigenvalue weighted by atomic mass is 15.1. The number of nitrogens with zero attached hydrogens (tertiary/aromatic N) is 1. The third-order valence-corrected chi connectivity index (χ3v) is 2.00. The molecular weight excluding hydrogens is 122 g/mol. The number of allylic oxidation sites excluding steroid dienone is 2. The van der Waals surface area contributed by atoms with Gasteiger partial charge in [-0.1, -0.05) is 6.08 Å². The summed E-state index contributed by atoms with van der Waals surface area (Å²) >= 11 is 0. The molecule has 0 spiro atoms. The fourth-order valence-corrected chi connectivity index (χ4v) is 1.34. The van der Waals surface area contributed by atoms with E-state index < -0.39 is 0 Å². The van der Waals surface area contributed by atoms with Crippen LogP contribution in [0.1, 0.15) is 20.3 Å². The standard InChI is InChI=1S/C9H15N/c1-4-5-9-8(2)6-7-10(9)3/h4-5H,6-7H2,1-3H3/b5-4-. The summed E-state index contributed by atoms with van der Waals surface area (Å²) in [5, 5.41) is 0. The Labute approximate surface area is 63.0 Å². The van der Waals surface area contributed by atoms with Gasteiger partial charge >= 0.3 is 0 Å². The average Bonchev–Trinajstić information content (AvgIpc) is 2.20. The molecule has 1 rings (SSSR count). The number of hydrogen-bond acceptors (Lipinski definition) is 1. The zero-order valence-electron chi connectivity index (χ0n) is 7.02. The van der Waals surface area contributed by atoms with Gasteiger partial charge in [0.2, 0.25) is 0 Å².